The number of aryl methyl sites for hydroxylation is 2. The van der Waals surface area contributed by atoms with Crippen LogP contribution in [-0.4, -0.2) is 37.6 Å². The molecule has 1 aromatic carbocycles. The van der Waals surface area contributed by atoms with Crippen LogP contribution in [0, 0.1) is 13.8 Å². The van der Waals surface area contributed by atoms with Crippen molar-refractivity contribution in [2.45, 2.75) is 20.3 Å². The Labute approximate surface area is 177 Å². The molecule has 0 saturated heterocycles. The molecule has 1 N–H and O–H groups in total. The summed E-state index contributed by atoms with van der Waals surface area (Å²) in [7, 11) is 1.54. The number of amides is 1. The van der Waals surface area contributed by atoms with Crippen molar-refractivity contribution in [3.05, 3.63) is 64.7 Å². The number of rotatable bonds is 5. The standard InChI is InChI=1S/C21H19ClN6O2/c1-12-16(10-19(29)25-17-9-15(22)6-7-18(17)30-3)13(2)28-21(24-12)26-20(27-28)14-5-4-8-23-11-14/h4-9,11H,10H2,1-3H3,(H,25,29). The average molecular weight is 423 g/mol. The number of pyridine rings is 1. The topological polar surface area (TPSA) is 94.3 Å². The van der Waals surface area contributed by atoms with Gasteiger partial charge in [-0.25, -0.2) is 9.50 Å². The number of benzene rings is 1. The summed E-state index contributed by atoms with van der Waals surface area (Å²) in [5.41, 5.74) is 3.61. The molecule has 152 valence electrons. The SMILES string of the molecule is COc1ccc(Cl)cc1NC(=O)Cc1c(C)nc2nc(-c3cccnc3)nn2c1C. The number of aromatic nitrogens is 5. The first-order valence-electron chi connectivity index (χ1n) is 9.23. The maximum Gasteiger partial charge on any atom is 0.253 e. The molecule has 0 aliphatic rings. The van der Waals surface area contributed by atoms with E-state index in [2.05, 4.69) is 25.4 Å². The number of nitrogens with zero attached hydrogens (tertiary/aromatic N) is 5. The second kappa shape index (κ2) is 8.08. The molecule has 3 heterocycles. The fraction of sp³-hybridized carbons (Fsp3) is 0.190. The van der Waals surface area contributed by atoms with Crippen LogP contribution in [0.2, 0.25) is 5.02 Å². The second-order valence-corrected chi connectivity index (χ2v) is 7.16. The van der Waals surface area contributed by atoms with E-state index in [1.807, 2.05) is 26.0 Å². The number of hydrogen-bond donors (Lipinski definition) is 1. The third kappa shape index (κ3) is 3.81. The van der Waals surface area contributed by atoms with Crippen molar-refractivity contribution < 1.29 is 9.53 Å². The maximum absolute atomic E-state index is 12.7. The van der Waals surface area contributed by atoms with Gasteiger partial charge in [0.2, 0.25) is 5.91 Å². The fourth-order valence-electron chi connectivity index (χ4n) is 3.21. The highest BCUT2D eigenvalue weighted by Crippen LogP contribution is 2.28. The number of carbonyl (C=O) groups excluding carboxylic acids is 1. The van der Waals surface area contributed by atoms with Crippen LogP contribution in [0.5, 0.6) is 5.75 Å². The van der Waals surface area contributed by atoms with Gasteiger partial charge in [-0.2, -0.15) is 4.98 Å². The first-order chi connectivity index (χ1) is 14.5. The largest absolute Gasteiger partial charge is 0.495 e. The van der Waals surface area contributed by atoms with Crippen LogP contribution in [-0.2, 0) is 11.2 Å². The molecule has 8 nitrogen and oxygen atoms in total. The van der Waals surface area contributed by atoms with Crippen LogP contribution in [0.4, 0.5) is 5.69 Å². The summed E-state index contributed by atoms with van der Waals surface area (Å²) in [6.07, 6.45) is 3.51. The molecule has 4 aromatic rings. The van der Waals surface area contributed by atoms with Gasteiger partial charge in [-0.3, -0.25) is 9.78 Å². The first-order valence-corrected chi connectivity index (χ1v) is 9.60. The van der Waals surface area contributed by atoms with E-state index in [0.717, 1.165) is 22.5 Å². The highest BCUT2D eigenvalue weighted by Gasteiger charge is 2.17. The Hall–Kier alpha value is -3.52. The molecule has 0 spiro atoms. The van der Waals surface area contributed by atoms with Crippen molar-refractivity contribution in [2.75, 3.05) is 12.4 Å². The summed E-state index contributed by atoms with van der Waals surface area (Å²) in [5.74, 6) is 1.33. The number of ether oxygens (including phenoxy) is 1. The lowest BCUT2D eigenvalue weighted by Crippen LogP contribution is -2.18. The smallest absolute Gasteiger partial charge is 0.253 e. The van der Waals surface area contributed by atoms with Gasteiger partial charge in [-0.05, 0) is 44.2 Å². The minimum atomic E-state index is -0.212. The van der Waals surface area contributed by atoms with Gasteiger partial charge in [0, 0.05) is 39.9 Å². The van der Waals surface area contributed by atoms with Crippen LogP contribution in [0.25, 0.3) is 17.2 Å². The van der Waals surface area contributed by atoms with E-state index in [1.54, 1.807) is 35.1 Å². The highest BCUT2D eigenvalue weighted by molar-refractivity contribution is 6.31. The number of carbonyl (C=O) groups is 1. The minimum absolute atomic E-state index is 0.123. The van der Waals surface area contributed by atoms with E-state index in [9.17, 15) is 4.79 Å². The zero-order chi connectivity index (χ0) is 21.3. The number of halogens is 1. The molecule has 0 aliphatic carbocycles. The van der Waals surface area contributed by atoms with Crippen LogP contribution < -0.4 is 10.1 Å². The number of nitrogens with one attached hydrogen (secondary N) is 1. The van der Waals surface area contributed by atoms with E-state index in [1.165, 1.54) is 7.11 Å². The zero-order valence-electron chi connectivity index (χ0n) is 16.7. The van der Waals surface area contributed by atoms with Gasteiger partial charge >= 0.3 is 0 Å². The number of methoxy groups -OCH3 is 1. The van der Waals surface area contributed by atoms with Crippen LogP contribution >= 0.6 is 11.6 Å². The molecule has 0 bridgehead atoms. The summed E-state index contributed by atoms with van der Waals surface area (Å²) in [6, 6.07) is 8.77. The van der Waals surface area contributed by atoms with Gasteiger partial charge in [0.1, 0.15) is 5.75 Å². The summed E-state index contributed by atoms with van der Waals surface area (Å²) < 4.78 is 6.94. The molecule has 0 radical (unpaired) electrons. The van der Waals surface area contributed by atoms with Gasteiger partial charge in [0.05, 0.1) is 19.2 Å². The highest BCUT2D eigenvalue weighted by atomic mass is 35.5. The van der Waals surface area contributed by atoms with Crippen LogP contribution in [0.15, 0.2) is 42.7 Å². The Morgan fingerprint density at radius 3 is 2.80 bits per heavy atom. The van der Waals surface area contributed by atoms with Gasteiger partial charge in [-0.1, -0.05) is 11.6 Å². The Kier molecular flexibility index (Phi) is 5.33. The maximum atomic E-state index is 12.7. The number of fused-ring (bicyclic) bond motifs is 1. The summed E-state index contributed by atoms with van der Waals surface area (Å²) >= 11 is 6.05. The van der Waals surface area contributed by atoms with Gasteiger partial charge in [0.25, 0.3) is 5.78 Å². The fourth-order valence-corrected chi connectivity index (χ4v) is 3.39. The normalized spacial score (nSPS) is 10.9. The summed E-state index contributed by atoms with van der Waals surface area (Å²) in [4.78, 5) is 25.9. The lowest BCUT2D eigenvalue weighted by Gasteiger charge is -2.13. The first kappa shape index (κ1) is 19.8. The molecule has 30 heavy (non-hydrogen) atoms. The van der Waals surface area contributed by atoms with Gasteiger partial charge in [-0.15, -0.1) is 5.10 Å². The molecule has 4 rings (SSSR count). The molecule has 0 aliphatic heterocycles. The van der Waals surface area contributed by atoms with Crippen molar-refractivity contribution in [1.82, 2.24) is 24.6 Å². The molecule has 0 atom stereocenters. The molecule has 9 heteroatoms. The van der Waals surface area contributed by atoms with Crippen molar-refractivity contribution in [1.29, 1.82) is 0 Å². The number of anilines is 1. The zero-order valence-corrected chi connectivity index (χ0v) is 17.4. The average Bonchev–Trinajstić information content (AvgIpc) is 3.16. The lowest BCUT2D eigenvalue weighted by atomic mass is 10.1. The predicted molar refractivity (Wildman–Crippen MR) is 114 cm³/mol. The third-order valence-electron chi connectivity index (χ3n) is 4.74. The Morgan fingerprint density at radius 2 is 2.07 bits per heavy atom. The monoisotopic (exact) mass is 422 g/mol. The number of hydrogen-bond acceptors (Lipinski definition) is 6. The minimum Gasteiger partial charge on any atom is -0.495 e. The molecule has 0 saturated carbocycles. The van der Waals surface area contributed by atoms with Crippen LogP contribution in [0.1, 0.15) is 17.0 Å². The summed E-state index contributed by atoms with van der Waals surface area (Å²) in [5, 5.41) is 7.91. The van der Waals surface area contributed by atoms with Crippen LogP contribution in [0.3, 0.4) is 0 Å². The summed E-state index contributed by atoms with van der Waals surface area (Å²) in [6.45, 7) is 3.75. The quantitative estimate of drug-likeness (QED) is 0.527. The Morgan fingerprint density at radius 1 is 1.23 bits per heavy atom. The lowest BCUT2D eigenvalue weighted by molar-refractivity contribution is -0.115. The van der Waals surface area contributed by atoms with Crippen molar-refractivity contribution >= 4 is 29.0 Å². The van der Waals surface area contributed by atoms with Crippen molar-refractivity contribution in [3.63, 3.8) is 0 Å². The third-order valence-corrected chi connectivity index (χ3v) is 4.98. The van der Waals surface area contributed by atoms with Gasteiger partial charge < -0.3 is 10.1 Å². The Bertz CT molecular complexity index is 1240. The molecule has 0 unspecified atom stereocenters. The molecular formula is C21H19ClN6O2. The molecule has 0 fully saturated rings. The van der Waals surface area contributed by atoms with E-state index in [4.69, 9.17) is 16.3 Å². The molecule has 3 aromatic heterocycles. The van der Waals surface area contributed by atoms with E-state index < -0.39 is 0 Å². The molecular weight excluding hydrogens is 404 g/mol. The van der Waals surface area contributed by atoms with Gasteiger partial charge in [0.15, 0.2) is 5.82 Å². The van der Waals surface area contributed by atoms with Crippen molar-refractivity contribution in [2.24, 2.45) is 0 Å². The van der Waals surface area contributed by atoms with E-state index in [0.29, 0.717) is 28.1 Å². The van der Waals surface area contributed by atoms with Crippen molar-refractivity contribution in [3.8, 4) is 17.1 Å². The molecule has 1 amide bonds. The Balaban J connectivity index is 1.64. The van der Waals surface area contributed by atoms with E-state index in [-0.39, 0.29) is 12.3 Å². The van der Waals surface area contributed by atoms with E-state index >= 15 is 0 Å². The second-order valence-electron chi connectivity index (χ2n) is 6.72. The predicted octanol–water partition coefficient (Wildman–Crippen LogP) is 3.65.